The van der Waals surface area contributed by atoms with E-state index in [0.717, 1.165) is 12.8 Å². The van der Waals surface area contributed by atoms with Crippen LogP contribution in [0.15, 0.2) is 0 Å². The van der Waals surface area contributed by atoms with E-state index >= 15 is 0 Å². The number of carbonyl (C=O) groups excluding carboxylic acids is 1. The molecule has 1 atom stereocenters. The second kappa shape index (κ2) is 22.5. The third kappa shape index (κ3) is 19.9. The van der Waals surface area contributed by atoms with Gasteiger partial charge in [0.05, 0.1) is 6.61 Å². The molecule has 1 amide bonds. The molecule has 0 aromatic carbocycles. The van der Waals surface area contributed by atoms with E-state index in [1.54, 1.807) is 0 Å². The number of hydrogen-bond donors (Lipinski definition) is 2. The molecule has 0 heterocycles. The summed E-state index contributed by atoms with van der Waals surface area (Å²) in [6, 6.07) is 0. The third-order valence-electron chi connectivity index (χ3n) is 5.24. The van der Waals surface area contributed by atoms with E-state index in [0.29, 0.717) is 6.54 Å². The number of aliphatic hydroxyl groups is 1. The van der Waals surface area contributed by atoms with Gasteiger partial charge in [0, 0.05) is 13.7 Å². The van der Waals surface area contributed by atoms with Gasteiger partial charge in [0.15, 0.2) is 0 Å². The summed E-state index contributed by atoms with van der Waals surface area (Å²) in [5.74, 6) is 0. The van der Waals surface area contributed by atoms with Crippen molar-refractivity contribution >= 4 is 6.09 Å². The van der Waals surface area contributed by atoms with Gasteiger partial charge in [0.2, 0.25) is 0 Å². The number of aliphatic hydroxyl groups excluding tert-OH is 1. The van der Waals surface area contributed by atoms with Crippen LogP contribution in [0.4, 0.5) is 4.79 Å². The van der Waals surface area contributed by atoms with E-state index in [1.807, 2.05) is 0 Å². The van der Waals surface area contributed by atoms with E-state index in [-0.39, 0.29) is 13.2 Å². The Bertz CT molecular complexity index is 322. The molecule has 0 aliphatic carbocycles. The van der Waals surface area contributed by atoms with Crippen molar-refractivity contribution in [3.63, 3.8) is 0 Å². The number of amides is 1. The summed E-state index contributed by atoms with van der Waals surface area (Å²) in [6.07, 6.45) is 20.6. The zero-order valence-corrected chi connectivity index (χ0v) is 18.7. The number of ether oxygens (including phenoxy) is 2. The molecule has 5 nitrogen and oxygen atoms in total. The average Bonchev–Trinajstić information content (AvgIpc) is 2.71. The van der Waals surface area contributed by atoms with Gasteiger partial charge >= 0.3 is 6.09 Å². The summed E-state index contributed by atoms with van der Waals surface area (Å²) in [4.78, 5) is 11.5. The molecule has 0 bridgehead atoms. The van der Waals surface area contributed by atoms with Crippen LogP contribution in [0.2, 0.25) is 0 Å². The molecule has 0 aromatic heterocycles. The second-order valence-electron chi connectivity index (χ2n) is 7.87. The Balaban J connectivity index is 3.16. The standard InChI is InChI=1S/C23H47NO4/c1-3-4-5-6-7-8-9-10-11-12-13-14-15-16-17-18-19-24-23(26)28-21-22(20-25)27-2/h22,25H,3-21H2,1-2H3,(H,24,26). The van der Waals surface area contributed by atoms with Crippen LogP contribution >= 0.6 is 0 Å². The molecular formula is C23H47NO4. The molecule has 5 heteroatoms. The first kappa shape index (κ1) is 27.2. The SMILES string of the molecule is CCCCCCCCCCCCCCCCCCNC(=O)OCC(CO)OC. The molecule has 1 unspecified atom stereocenters. The van der Waals surface area contributed by atoms with Gasteiger partial charge in [-0.05, 0) is 6.42 Å². The second-order valence-corrected chi connectivity index (χ2v) is 7.87. The van der Waals surface area contributed by atoms with Crippen molar-refractivity contribution in [2.75, 3.05) is 26.9 Å². The largest absolute Gasteiger partial charge is 0.447 e. The Hall–Kier alpha value is -0.810. The fourth-order valence-corrected chi connectivity index (χ4v) is 3.28. The van der Waals surface area contributed by atoms with Crippen LogP contribution in [0.1, 0.15) is 110 Å². The van der Waals surface area contributed by atoms with E-state index in [9.17, 15) is 4.79 Å². The quantitative estimate of drug-likeness (QED) is 0.232. The van der Waals surface area contributed by atoms with Gasteiger partial charge in [0.1, 0.15) is 12.7 Å². The number of hydrogen-bond acceptors (Lipinski definition) is 4. The first-order chi connectivity index (χ1) is 13.7. The molecule has 0 saturated carbocycles. The lowest BCUT2D eigenvalue weighted by atomic mass is 10.0. The molecule has 0 aliphatic heterocycles. The highest BCUT2D eigenvalue weighted by atomic mass is 16.6. The maximum atomic E-state index is 11.5. The molecule has 0 aliphatic rings. The Morgan fingerprint density at radius 2 is 1.21 bits per heavy atom. The Labute approximate surface area is 174 Å². The van der Waals surface area contributed by atoms with Crippen molar-refractivity contribution in [1.82, 2.24) is 5.32 Å². The number of alkyl carbamates (subject to hydrolysis) is 1. The molecular weight excluding hydrogens is 354 g/mol. The van der Waals surface area contributed by atoms with E-state index < -0.39 is 12.2 Å². The molecule has 0 aromatic rings. The Morgan fingerprint density at radius 3 is 1.61 bits per heavy atom. The van der Waals surface area contributed by atoms with Gasteiger partial charge < -0.3 is 19.9 Å². The zero-order chi connectivity index (χ0) is 20.7. The number of carbonyl (C=O) groups is 1. The molecule has 168 valence electrons. The molecule has 0 fully saturated rings. The predicted octanol–water partition coefficient (Wildman–Crippen LogP) is 5.98. The van der Waals surface area contributed by atoms with Gasteiger partial charge in [-0.3, -0.25) is 0 Å². The number of nitrogens with one attached hydrogen (secondary N) is 1. The molecule has 0 spiro atoms. The summed E-state index contributed by atoms with van der Waals surface area (Å²) < 4.78 is 9.91. The van der Waals surface area contributed by atoms with Crippen molar-refractivity contribution in [2.24, 2.45) is 0 Å². The lowest BCUT2D eigenvalue weighted by Crippen LogP contribution is -2.30. The fourth-order valence-electron chi connectivity index (χ4n) is 3.28. The smallest absolute Gasteiger partial charge is 0.407 e. The Kier molecular flexibility index (Phi) is 21.8. The normalized spacial score (nSPS) is 12.1. The Morgan fingerprint density at radius 1 is 0.786 bits per heavy atom. The van der Waals surface area contributed by atoms with Crippen molar-refractivity contribution in [3.05, 3.63) is 0 Å². The minimum Gasteiger partial charge on any atom is -0.447 e. The summed E-state index contributed by atoms with van der Waals surface area (Å²) in [6.45, 7) is 2.85. The predicted molar refractivity (Wildman–Crippen MR) is 117 cm³/mol. The van der Waals surface area contributed by atoms with Crippen LogP contribution in [0, 0.1) is 0 Å². The van der Waals surface area contributed by atoms with Crippen molar-refractivity contribution in [2.45, 2.75) is 116 Å². The summed E-state index contributed by atoms with van der Waals surface area (Å²) >= 11 is 0. The first-order valence-corrected chi connectivity index (χ1v) is 11.8. The van der Waals surface area contributed by atoms with E-state index in [1.165, 1.54) is 97.0 Å². The average molecular weight is 402 g/mol. The first-order valence-electron chi connectivity index (χ1n) is 11.8. The monoisotopic (exact) mass is 401 g/mol. The lowest BCUT2D eigenvalue weighted by molar-refractivity contribution is 0.00177. The molecule has 0 rings (SSSR count). The van der Waals surface area contributed by atoms with Crippen LogP contribution < -0.4 is 5.32 Å². The van der Waals surface area contributed by atoms with Crippen molar-refractivity contribution in [3.8, 4) is 0 Å². The molecule has 2 N–H and O–H groups in total. The number of methoxy groups -OCH3 is 1. The zero-order valence-electron chi connectivity index (χ0n) is 18.7. The van der Waals surface area contributed by atoms with E-state index in [4.69, 9.17) is 14.6 Å². The van der Waals surface area contributed by atoms with Gasteiger partial charge in [-0.25, -0.2) is 4.79 Å². The number of rotatable bonds is 21. The highest BCUT2D eigenvalue weighted by Gasteiger charge is 2.09. The topological polar surface area (TPSA) is 67.8 Å². The maximum Gasteiger partial charge on any atom is 0.407 e. The molecule has 28 heavy (non-hydrogen) atoms. The minimum atomic E-state index is -0.443. The molecule has 0 radical (unpaired) electrons. The highest BCUT2D eigenvalue weighted by molar-refractivity contribution is 5.67. The number of unbranched alkanes of at least 4 members (excludes halogenated alkanes) is 15. The van der Waals surface area contributed by atoms with Crippen LogP contribution in [-0.2, 0) is 9.47 Å². The van der Waals surface area contributed by atoms with Gasteiger partial charge in [0.25, 0.3) is 0 Å². The van der Waals surface area contributed by atoms with Gasteiger partial charge in [-0.1, -0.05) is 103 Å². The molecule has 0 saturated heterocycles. The summed E-state index contributed by atoms with van der Waals surface area (Å²) in [5.41, 5.74) is 0. The van der Waals surface area contributed by atoms with Gasteiger partial charge in [-0.2, -0.15) is 0 Å². The summed E-state index contributed by atoms with van der Waals surface area (Å²) in [5, 5.41) is 11.7. The fraction of sp³-hybridized carbons (Fsp3) is 0.957. The van der Waals surface area contributed by atoms with Crippen LogP contribution in [0.3, 0.4) is 0 Å². The van der Waals surface area contributed by atoms with Crippen molar-refractivity contribution < 1.29 is 19.4 Å². The lowest BCUT2D eigenvalue weighted by Gasteiger charge is -2.12. The van der Waals surface area contributed by atoms with E-state index in [2.05, 4.69) is 12.2 Å². The third-order valence-corrected chi connectivity index (χ3v) is 5.24. The summed E-state index contributed by atoms with van der Waals surface area (Å²) in [7, 11) is 1.48. The van der Waals surface area contributed by atoms with Gasteiger partial charge in [-0.15, -0.1) is 0 Å². The minimum absolute atomic E-state index is 0.0811. The van der Waals surface area contributed by atoms with Crippen molar-refractivity contribution in [1.29, 1.82) is 0 Å². The van der Waals surface area contributed by atoms with Crippen LogP contribution in [0.25, 0.3) is 0 Å². The maximum absolute atomic E-state index is 11.5. The van der Waals surface area contributed by atoms with Crippen LogP contribution in [-0.4, -0.2) is 44.2 Å². The van der Waals surface area contributed by atoms with Crippen LogP contribution in [0.5, 0.6) is 0 Å². The highest BCUT2D eigenvalue weighted by Crippen LogP contribution is 2.13.